The molecule has 1 aliphatic rings. The van der Waals surface area contributed by atoms with E-state index < -0.39 is 18.5 Å². The van der Waals surface area contributed by atoms with Crippen LogP contribution in [0.2, 0.25) is 0 Å². The minimum Gasteiger partial charge on any atom is -0.494 e. The van der Waals surface area contributed by atoms with Gasteiger partial charge in [-0.2, -0.15) is 0 Å². The second-order valence-electron chi connectivity index (χ2n) is 7.28. The van der Waals surface area contributed by atoms with Crippen LogP contribution in [0.3, 0.4) is 0 Å². The third-order valence-electron chi connectivity index (χ3n) is 4.77. The van der Waals surface area contributed by atoms with Crippen molar-refractivity contribution in [1.29, 1.82) is 0 Å². The number of hydrogen-bond acceptors (Lipinski definition) is 7. The average Bonchev–Trinajstić information content (AvgIpc) is 3.27. The van der Waals surface area contributed by atoms with Crippen LogP contribution in [0.15, 0.2) is 42.5 Å². The van der Waals surface area contributed by atoms with Crippen LogP contribution in [0.1, 0.15) is 49.4 Å². The minimum atomic E-state index is -0.616. The third-order valence-corrected chi connectivity index (χ3v) is 4.77. The molecule has 8 heteroatoms. The molecule has 0 saturated heterocycles. The molecule has 0 radical (unpaired) electrons. The van der Waals surface area contributed by atoms with Crippen molar-refractivity contribution in [3.05, 3.63) is 48.0 Å². The summed E-state index contributed by atoms with van der Waals surface area (Å²) < 4.78 is 21.0. The van der Waals surface area contributed by atoms with Crippen LogP contribution in [0, 0.1) is 0 Å². The Balaban J connectivity index is 1.35. The van der Waals surface area contributed by atoms with E-state index in [9.17, 15) is 14.4 Å². The van der Waals surface area contributed by atoms with Gasteiger partial charge in [-0.05, 0) is 42.8 Å². The summed E-state index contributed by atoms with van der Waals surface area (Å²) in [6.45, 7) is 2.48. The van der Waals surface area contributed by atoms with E-state index in [-0.39, 0.29) is 25.4 Å². The molecule has 2 aromatic carbocycles. The van der Waals surface area contributed by atoms with E-state index in [1.54, 1.807) is 42.5 Å². The molecule has 170 valence electrons. The van der Waals surface area contributed by atoms with Crippen LogP contribution in [-0.4, -0.2) is 37.7 Å². The Morgan fingerprint density at radius 3 is 2.53 bits per heavy atom. The molecule has 1 N–H and O–H groups in total. The van der Waals surface area contributed by atoms with Crippen LogP contribution in [0.25, 0.3) is 0 Å². The van der Waals surface area contributed by atoms with E-state index in [2.05, 4.69) is 12.2 Å². The zero-order valence-corrected chi connectivity index (χ0v) is 18.1. The van der Waals surface area contributed by atoms with Gasteiger partial charge in [-0.1, -0.05) is 19.8 Å². The molecule has 0 fully saturated rings. The fourth-order valence-corrected chi connectivity index (χ4v) is 3.03. The molecular weight excluding hydrogens is 414 g/mol. The van der Waals surface area contributed by atoms with Gasteiger partial charge in [0.15, 0.2) is 23.9 Å². The number of anilines is 1. The quantitative estimate of drug-likeness (QED) is 0.300. The monoisotopic (exact) mass is 441 g/mol. The number of hydrogen-bond donors (Lipinski definition) is 1. The van der Waals surface area contributed by atoms with Crippen molar-refractivity contribution in [3.8, 4) is 17.2 Å². The molecule has 1 heterocycles. The molecular formula is C24H27NO7. The van der Waals surface area contributed by atoms with Crippen molar-refractivity contribution < 1.29 is 33.3 Å². The summed E-state index contributed by atoms with van der Waals surface area (Å²) in [5.74, 6) is 0.575. The standard InChI is InChI=1S/C24H27NO7/c1-2-3-4-13-29-19-8-5-17(6-9-19)20(26)10-12-24(28)30-15-23(27)25-18-7-11-21-22(14-18)32-16-31-21/h5-9,11,14H,2-4,10,12-13,15-16H2,1H3,(H,25,27). The van der Waals surface area contributed by atoms with Crippen molar-refractivity contribution in [2.24, 2.45) is 0 Å². The lowest BCUT2D eigenvalue weighted by Crippen LogP contribution is -2.21. The topological polar surface area (TPSA) is 100 Å². The largest absolute Gasteiger partial charge is 0.494 e. The summed E-state index contributed by atoms with van der Waals surface area (Å²) in [7, 11) is 0. The maximum atomic E-state index is 12.3. The van der Waals surface area contributed by atoms with Crippen LogP contribution >= 0.6 is 0 Å². The number of ether oxygens (including phenoxy) is 4. The lowest BCUT2D eigenvalue weighted by Gasteiger charge is -2.08. The second-order valence-corrected chi connectivity index (χ2v) is 7.28. The Hall–Kier alpha value is -3.55. The summed E-state index contributed by atoms with van der Waals surface area (Å²) in [4.78, 5) is 36.2. The van der Waals surface area contributed by atoms with Crippen molar-refractivity contribution in [2.45, 2.75) is 39.0 Å². The van der Waals surface area contributed by atoms with Gasteiger partial charge in [-0.25, -0.2) is 0 Å². The molecule has 1 aliphatic heterocycles. The van der Waals surface area contributed by atoms with Gasteiger partial charge >= 0.3 is 5.97 Å². The summed E-state index contributed by atoms with van der Waals surface area (Å²) in [6, 6.07) is 11.8. The fraction of sp³-hybridized carbons (Fsp3) is 0.375. The molecule has 0 unspecified atom stereocenters. The van der Waals surface area contributed by atoms with Gasteiger partial charge in [0.1, 0.15) is 5.75 Å². The third kappa shape index (κ3) is 7.01. The van der Waals surface area contributed by atoms with Gasteiger partial charge in [0.2, 0.25) is 6.79 Å². The normalized spacial score (nSPS) is 11.7. The maximum Gasteiger partial charge on any atom is 0.306 e. The average molecular weight is 441 g/mol. The molecule has 0 bridgehead atoms. The molecule has 0 aromatic heterocycles. The number of carbonyl (C=O) groups is 3. The summed E-state index contributed by atoms with van der Waals surface area (Å²) in [5.41, 5.74) is 1.00. The van der Waals surface area contributed by atoms with Crippen LogP contribution < -0.4 is 19.5 Å². The van der Waals surface area contributed by atoms with Gasteiger partial charge in [-0.3, -0.25) is 14.4 Å². The number of Topliss-reactive ketones (excluding diaryl/α,β-unsaturated/α-hetero) is 1. The van der Waals surface area contributed by atoms with Crippen LogP contribution in [0.4, 0.5) is 5.69 Å². The lowest BCUT2D eigenvalue weighted by atomic mass is 10.1. The molecule has 32 heavy (non-hydrogen) atoms. The Labute approximate surface area is 186 Å². The van der Waals surface area contributed by atoms with Gasteiger partial charge in [0.05, 0.1) is 13.0 Å². The van der Waals surface area contributed by atoms with Gasteiger partial charge in [0, 0.05) is 23.7 Å². The summed E-state index contributed by atoms with van der Waals surface area (Å²) in [6.07, 6.45) is 3.13. The molecule has 0 saturated carbocycles. The van der Waals surface area contributed by atoms with E-state index in [0.717, 1.165) is 19.3 Å². The molecule has 0 aliphatic carbocycles. The molecule has 2 aromatic rings. The molecule has 0 spiro atoms. The zero-order valence-electron chi connectivity index (χ0n) is 18.1. The Kier molecular flexibility index (Phi) is 8.48. The van der Waals surface area contributed by atoms with Crippen LogP contribution in [0.5, 0.6) is 17.2 Å². The van der Waals surface area contributed by atoms with E-state index in [1.807, 2.05) is 0 Å². The van der Waals surface area contributed by atoms with E-state index >= 15 is 0 Å². The number of carbonyl (C=O) groups excluding carboxylic acids is 3. The highest BCUT2D eigenvalue weighted by molar-refractivity contribution is 5.98. The molecule has 3 rings (SSSR count). The Morgan fingerprint density at radius 2 is 1.75 bits per heavy atom. The first-order chi connectivity index (χ1) is 15.5. The van der Waals surface area contributed by atoms with E-state index in [0.29, 0.717) is 35.1 Å². The zero-order chi connectivity index (χ0) is 22.8. The number of rotatable bonds is 12. The number of fused-ring (bicyclic) bond motifs is 1. The number of esters is 1. The van der Waals surface area contributed by atoms with Crippen molar-refractivity contribution in [3.63, 3.8) is 0 Å². The lowest BCUT2D eigenvalue weighted by molar-refractivity contribution is -0.147. The fourth-order valence-electron chi connectivity index (χ4n) is 3.03. The summed E-state index contributed by atoms with van der Waals surface area (Å²) in [5, 5.41) is 2.61. The molecule has 1 amide bonds. The molecule has 0 atom stereocenters. The number of benzene rings is 2. The van der Waals surface area contributed by atoms with Gasteiger partial charge in [0.25, 0.3) is 5.91 Å². The smallest absolute Gasteiger partial charge is 0.306 e. The first-order valence-electron chi connectivity index (χ1n) is 10.7. The molecule has 8 nitrogen and oxygen atoms in total. The number of unbranched alkanes of at least 4 members (excludes halogenated alkanes) is 2. The highest BCUT2D eigenvalue weighted by Crippen LogP contribution is 2.34. The van der Waals surface area contributed by atoms with Crippen molar-refractivity contribution in [1.82, 2.24) is 0 Å². The van der Waals surface area contributed by atoms with Gasteiger partial charge < -0.3 is 24.3 Å². The number of ketones is 1. The van der Waals surface area contributed by atoms with Crippen molar-refractivity contribution in [2.75, 3.05) is 25.3 Å². The first kappa shape index (κ1) is 23.1. The maximum absolute atomic E-state index is 12.3. The predicted molar refractivity (Wildman–Crippen MR) is 117 cm³/mol. The Morgan fingerprint density at radius 1 is 0.969 bits per heavy atom. The number of amides is 1. The summed E-state index contributed by atoms with van der Waals surface area (Å²) >= 11 is 0. The Bertz CT molecular complexity index is 940. The van der Waals surface area contributed by atoms with E-state index in [4.69, 9.17) is 18.9 Å². The van der Waals surface area contributed by atoms with Crippen molar-refractivity contribution >= 4 is 23.3 Å². The van der Waals surface area contributed by atoms with Gasteiger partial charge in [-0.15, -0.1) is 0 Å². The SMILES string of the molecule is CCCCCOc1ccc(C(=O)CCC(=O)OCC(=O)Nc2ccc3c(c2)OCO3)cc1. The minimum absolute atomic E-state index is 0.000677. The van der Waals surface area contributed by atoms with E-state index in [1.165, 1.54) is 0 Å². The highest BCUT2D eigenvalue weighted by Gasteiger charge is 2.15. The number of nitrogens with one attached hydrogen (secondary N) is 1. The highest BCUT2D eigenvalue weighted by atomic mass is 16.7. The van der Waals surface area contributed by atoms with Crippen LogP contribution in [-0.2, 0) is 14.3 Å². The first-order valence-corrected chi connectivity index (χ1v) is 10.7. The predicted octanol–water partition coefficient (Wildman–Crippen LogP) is 4.13. The second kappa shape index (κ2) is 11.7.